The summed E-state index contributed by atoms with van der Waals surface area (Å²) in [6.45, 7) is 0.570. The third-order valence-electron chi connectivity index (χ3n) is 5.45. The van der Waals surface area contributed by atoms with Gasteiger partial charge in [0.25, 0.3) is 0 Å². The molecule has 0 saturated heterocycles. The summed E-state index contributed by atoms with van der Waals surface area (Å²) in [5.74, 6) is 1.62. The van der Waals surface area contributed by atoms with Gasteiger partial charge in [0.15, 0.2) is 0 Å². The first kappa shape index (κ1) is 23.8. The summed E-state index contributed by atoms with van der Waals surface area (Å²) in [5.41, 5.74) is 5.20. The van der Waals surface area contributed by atoms with Crippen molar-refractivity contribution in [1.82, 2.24) is 20.2 Å². The topological polar surface area (TPSA) is 75.8 Å². The summed E-state index contributed by atoms with van der Waals surface area (Å²) in [4.78, 5) is 7.42. The van der Waals surface area contributed by atoms with E-state index in [4.69, 9.17) is 9.47 Å². The van der Waals surface area contributed by atoms with Crippen LogP contribution >= 0.6 is 0 Å². The van der Waals surface area contributed by atoms with Crippen molar-refractivity contribution < 1.29 is 9.47 Å². The standard InChI is InChI=1S/C29H30N4O2/c1-34-29-22-28(35-20-16-25-8-4-6-18-31-25)14-11-24(29)10-13-27-21-26(32-33-27)12-9-23-7-3-2-5-17-30-19-15-23/h2-9,11-12,14-15,17-19,21-22,30H,10,13,16,20H2,1H3,(H,32,33)/b3-2?,12-9+,17-5?,19-15?,23-7?. The van der Waals surface area contributed by atoms with Crippen molar-refractivity contribution in [2.45, 2.75) is 19.3 Å². The summed E-state index contributed by atoms with van der Waals surface area (Å²) in [6.07, 6.45) is 12.1. The first-order valence-electron chi connectivity index (χ1n) is 11.7. The first-order chi connectivity index (χ1) is 17.3. The number of hydrogen-bond donors (Lipinski definition) is 2. The van der Waals surface area contributed by atoms with Crippen LogP contribution in [0.3, 0.4) is 0 Å². The molecule has 0 radical (unpaired) electrons. The number of rotatable bonds is 10. The number of methoxy groups -OCH3 is 1. The molecule has 3 aromatic heterocycles. The van der Waals surface area contributed by atoms with Crippen LogP contribution in [0.25, 0.3) is 12.2 Å². The molecule has 1 aromatic carbocycles. The van der Waals surface area contributed by atoms with E-state index in [1.165, 1.54) is 0 Å². The summed E-state index contributed by atoms with van der Waals surface area (Å²) in [5, 5.41) is 7.57. The molecule has 0 aliphatic carbocycles. The molecule has 0 unspecified atom stereocenters. The van der Waals surface area contributed by atoms with E-state index in [1.807, 2.05) is 79.1 Å². The zero-order chi connectivity index (χ0) is 24.1. The number of nitrogens with one attached hydrogen (secondary N) is 2. The Kier molecular flexibility index (Phi) is 8.71. The molecule has 4 aromatic rings. The number of aromatic nitrogens is 4. The van der Waals surface area contributed by atoms with Gasteiger partial charge in [-0.3, -0.25) is 10.1 Å². The number of aryl methyl sites for hydroxylation is 2. The van der Waals surface area contributed by atoms with Gasteiger partial charge in [-0.1, -0.05) is 36.4 Å². The van der Waals surface area contributed by atoms with Crippen molar-refractivity contribution in [3.63, 3.8) is 0 Å². The summed E-state index contributed by atoms with van der Waals surface area (Å²) in [7, 11) is 1.69. The number of hydrogen-bond acceptors (Lipinski definition) is 4. The predicted octanol–water partition coefficient (Wildman–Crippen LogP) is 5.84. The van der Waals surface area contributed by atoms with E-state index in [0.29, 0.717) is 6.61 Å². The van der Waals surface area contributed by atoms with Crippen LogP contribution in [-0.4, -0.2) is 33.9 Å². The Morgan fingerprint density at radius 2 is 1.80 bits per heavy atom. The van der Waals surface area contributed by atoms with Crippen LogP contribution in [0.15, 0.2) is 91.4 Å². The fourth-order valence-corrected chi connectivity index (χ4v) is 3.59. The minimum atomic E-state index is 0.570. The zero-order valence-electron chi connectivity index (χ0n) is 19.9. The molecule has 0 atom stereocenters. The number of benzene rings is 1. The van der Waals surface area contributed by atoms with Crippen molar-refractivity contribution in [3.05, 3.63) is 120 Å². The molecule has 2 N–H and O–H groups in total. The smallest absolute Gasteiger partial charge is 0.125 e. The highest BCUT2D eigenvalue weighted by Crippen LogP contribution is 2.26. The van der Waals surface area contributed by atoms with E-state index in [2.05, 4.69) is 38.4 Å². The molecule has 0 spiro atoms. The van der Waals surface area contributed by atoms with E-state index in [0.717, 1.165) is 59.0 Å². The fraction of sp³-hybridized carbons (Fsp3) is 0.172. The predicted molar refractivity (Wildman–Crippen MR) is 140 cm³/mol. The summed E-state index contributed by atoms with van der Waals surface area (Å²) >= 11 is 0. The minimum Gasteiger partial charge on any atom is -0.496 e. The maximum absolute atomic E-state index is 5.91. The number of ether oxygens (including phenoxy) is 2. The molecule has 178 valence electrons. The lowest BCUT2D eigenvalue weighted by atomic mass is 10.1. The van der Waals surface area contributed by atoms with Crippen molar-refractivity contribution in [3.8, 4) is 11.5 Å². The average molecular weight is 467 g/mol. The van der Waals surface area contributed by atoms with Crippen molar-refractivity contribution in [2.75, 3.05) is 13.7 Å². The molecule has 0 bridgehead atoms. The average Bonchev–Trinajstić information content (AvgIpc) is 3.39. The molecule has 6 nitrogen and oxygen atoms in total. The van der Waals surface area contributed by atoms with Crippen LogP contribution in [0.2, 0.25) is 0 Å². The van der Waals surface area contributed by atoms with E-state index in [1.54, 1.807) is 13.3 Å². The number of aromatic amines is 2. The number of H-pyrrole nitrogens is 2. The van der Waals surface area contributed by atoms with Crippen LogP contribution in [0.4, 0.5) is 0 Å². The van der Waals surface area contributed by atoms with Gasteiger partial charge in [0.05, 0.1) is 19.4 Å². The van der Waals surface area contributed by atoms with Crippen molar-refractivity contribution in [2.24, 2.45) is 0 Å². The summed E-state index contributed by atoms with van der Waals surface area (Å²) in [6, 6.07) is 24.0. The lowest BCUT2D eigenvalue weighted by Crippen LogP contribution is -2.03. The molecule has 35 heavy (non-hydrogen) atoms. The van der Waals surface area contributed by atoms with Crippen LogP contribution in [-0.2, 0) is 19.3 Å². The van der Waals surface area contributed by atoms with Crippen LogP contribution in [0.5, 0.6) is 11.5 Å². The van der Waals surface area contributed by atoms with Gasteiger partial charge in [0, 0.05) is 42.5 Å². The summed E-state index contributed by atoms with van der Waals surface area (Å²) < 4.78 is 11.5. The second-order valence-electron chi connectivity index (χ2n) is 7.96. The molecule has 3 heterocycles. The molecule has 0 fully saturated rings. The van der Waals surface area contributed by atoms with Gasteiger partial charge in [0.1, 0.15) is 11.5 Å². The molecule has 4 rings (SSSR count). The highest BCUT2D eigenvalue weighted by Gasteiger charge is 2.08. The molecule has 6 heteroatoms. The fourth-order valence-electron chi connectivity index (χ4n) is 3.59. The Hall–Kier alpha value is -4.32. The minimum absolute atomic E-state index is 0.570. The van der Waals surface area contributed by atoms with Crippen LogP contribution < -0.4 is 9.47 Å². The first-order valence-corrected chi connectivity index (χ1v) is 11.7. The molecular formula is C29H30N4O2. The number of nitrogens with zero attached hydrogens (tertiary/aromatic N) is 2. The Balaban J connectivity index is 1.32. The zero-order valence-corrected chi connectivity index (χ0v) is 19.9. The van der Waals surface area contributed by atoms with Gasteiger partial charge >= 0.3 is 0 Å². The number of pyridine rings is 1. The van der Waals surface area contributed by atoms with Gasteiger partial charge < -0.3 is 14.5 Å². The maximum Gasteiger partial charge on any atom is 0.125 e. The highest BCUT2D eigenvalue weighted by molar-refractivity contribution is 5.67. The Morgan fingerprint density at radius 1 is 0.857 bits per heavy atom. The lowest BCUT2D eigenvalue weighted by Gasteiger charge is -2.11. The Labute approximate surface area is 206 Å². The van der Waals surface area contributed by atoms with Gasteiger partial charge in [-0.05, 0) is 66.4 Å². The monoisotopic (exact) mass is 466 g/mol. The van der Waals surface area contributed by atoms with E-state index >= 15 is 0 Å². The van der Waals surface area contributed by atoms with Gasteiger partial charge in [0.2, 0.25) is 0 Å². The van der Waals surface area contributed by atoms with E-state index in [-0.39, 0.29) is 0 Å². The lowest BCUT2D eigenvalue weighted by molar-refractivity contribution is 0.317. The van der Waals surface area contributed by atoms with Gasteiger partial charge in [-0.2, -0.15) is 5.10 Å². The van der Waals surface area contributed by atoms with Gasteiger partial charge in [-0.15, -0.1) is 0 Å². The second kappa shape index (κ2) is 12.8. The molecule has 0 aliphatic rings. The second-order valence-corrected chi connectivity index (χ2v) is 7.96. The van der Waals surface area contributed by atoms with E-state index in [9.17, 15) is 0 Å². The quantitative estimate of drug-likeness (QED) is 0.308. The Morgan fingerprint density at radius 3 is 2.69 bits per heavy atom. The van der Waals surface area contributed by atoms with Crippen LogP contribution in [0.1, 0.15) is 28.2 Å². The highest BCUT2D eigenvalue weighted by atomic mass is 16.5. The SMILES string of the molecule is COc1cc(OCCc2ccccn2)ccc1CCc1cc(/C=C/c2ccccc[nH]cc2)n[nH]1. The molecule has 0 aliphatic heterocycles. The molecule has 0 amide bonds. The molecular weight excluding hydrogens is 436 g/mol. The van der Waals surface area contributed by atoms with Crippen LogP contribution in [0, 0.1) is 0 Å². The van der Waals surface area contributed by atoms with E-state index < -0.39 is 0 Å². The van der Waals surface area contributed by atoms with Crippen molar-refractivity contribution >= 4 is 12.2 Å². The van der Waals surface area contributed by atoms with Crippen molar-refractivity contribution in [1.29, 1.82) is 0 Å². The normalized spacial score (nSPS) is 10.8. The Bertz CT molecular complexity index is 1250. The largest absolute Gasteiger partial charge is 0.496 e. The third-order valence-corrected chi connectivity index (χ3v) is 5.45. The van der Waals surface area contributed by atoms with Gasteiger partial charge in [-0.25, -0.2) is 0 Å². The maximum atomic E-state index is 5.91. The third kappa shape index (κ3) is 7.61. The molecule has 0 saturated carbocycles.